The number of nitrogens with zero attached hydrogens (tertiary/aromatic N) is 1. The van der Waals surface area contributed by atoms with Crippen molar-refractivity contribution in [2.75, 3.05) is 26.8 Å². The molecule has 2 unspecified atom stereocenters. The fourth-order valence-electron chi connectivity index (χ4n) is 3.76. The fourth-order valence-corrected chi connectivity index (χ4v) is 3.76. The van der Waals surface area contributed by atoms with Gasteiger partial charge in [-0.2, -0.15) is 0 Å². The van der Waals surface area contributed by atoms with Gasteiger partial charge in [-0.25, -0.2) is 0 Å². The minimum Gasteiger partial charge on any atom is -0.383 e. The van der Waals surface area contributed by atoms with Gasteiger partial charge in [-0.3, -0.25) is 4.90 Å². The zero-order valence-electron chi connectivity index (χ0n) is 12.7. The number of hydrogen-bond donors (Lipinski definition) is 1. The molecule has 2 N–H and O–H groups in total. The Hall–Kier alpha value is -0.120. The van der Waals surface area contributed by atoms with Gasteiger partial charge in [0.25, 0.3) is 0 Å². The Morgan fingerprint density at radius 1 is 1.39 bits per heavy atom. The highest BCUT2D eigenvalue weighted by atomic mass is 16.5. The Morgan fingerprint density at radius 3 is 2.44 bits per heavy atom. The van der Waals surface area contributed by atoms with Gasteiger partial charge < -0.3 is 10.5 Å². The van der Waals surface area contributed by atoms with Gasteiger partial charge in [-0.05, 0) is 31.6 Å². The smallest absolute Gasteiger partial charge is 0.0590 e. The van der Waals surface area contributed by atoms with E-state index in [1.807, 2.05) is 0 Å². The molecule has 0 amide bonds. The third kappa shape index (κ3) is 3.06. The molecule has 0 bridgehead atoms. The molecule has 1 aliphatic rings. The van der Waals surface area contributed by atoms with Crippen molar-refractivity contribution in [2.45, 2.75) is 64.5 Å². The molecule has 108 valence electrons. The van der Waals surface area contributed by atoms with Gasteiger partial charge in [0.2, 0.25) is 0 Å². The number of hydrogen-bond acceptors (Lipinski definition) is 3. The van der Waals surface area contributed by atoms with Crippen molar-refractivity contribution in [3.63, 3.8) is 0 Å². The molecule has 2 atom stereocenters. The minimum absolute atomic E-state index is 0.217. The quantitative estimate of drug-likeness (QED) is 0.725. The van der Waals surface area contributed by atoms with Gasteiger partial charge in [0.15, 0.2) is 0 Å². The van der Waals surface area contributed by atoms with Crippen LogP contribution in [0.5, 0.6) is 0 Å². The summed E-state index contributed by atoms with van der Waals surface area (Å²) in [6.45, 7) is 9.57. The molecule has 1 fully saturated rings. The Bertz CT molecular complexity index is 231. The van der Waals surface area contributed by atoms with Gasteiger partial charge in [-0.1, -0.05) is 27.2 Å². The second kappa shape index (κ2) is 7.46. The molecule has 3 heteroatoms. The zero-order chi connectivity index (χ0) is 13.6. The molecular formula is C15H32N2O. The lowest BCUT2D eigenvalue weighted by atomic mass is 9.84. The van der Waals surface area contributed by atoms with E-state index in [4.69, 9.17) is 10.5 Å². The van der Waals surface area contributed by atoms with Crippen LogP contribution >= 0.6 is 0 Å². The van der Waals surface area contributed by atoms with Crippen LogP contribution in [0.15, 0.2) is 0 Å². The van der Waals surface area contributed by atoms with E-state index in [-0.39, 0.29) is 5.54 Å². The molecule has 0 heterocycles. The molecule has 0 saturated heterocycles. The third-order valence-corrected chi connectivity index (χ3v) is 5.01. The van der Waals surface area contributed by atoms with Crippen LogP contribution in [0.1, 0.15) is 52.9 Å². The van der Waals surface area contributed by atoms with Crippen molar-refractivity contribution in [3.05, 3.63) is 0 Å². The van der Waals surface area contributed by atoms with Gasteiger partial charge >= 0.3 is 0 Å². The predicted molar refractivity (Wildman–Crippen MR) is 77.8 cm³/mol. The summed E-state index contributed by atoms with van der Waals surface area (Å²) in [5, 5.41) is 0. The lowest BCUT2D eigenvalue weighted by Gasteiger charge is -2.48. The Balaban J connectivity index is 2.91. The summed E-state index contributed by atoms with van der Waals surface area (Å²) < 4.78 is 5.31. The van der Waals surface area contributed by atoms with E-state index in [0.717, 1.165) is 19.7 Å². The molecule has 1 aliphatic carbocycles. The van der Waals surface area contributed by atoms with E-state index in [9.17, 15) is 0 Å². The van der Waals surface area contributed by atoms with Gasteiger partial charge in [-0.15, -0.1) is 0 Å². The second-order valence-electron chi connectivity index (χ2n) is 5.76. The number of rotatable bonds is 8. The summed E-state index contributed by atoms with van der Waals surface area (Å²) in [5.41, 5.74) is 6.41. The zero-order valence-corrected chi connectivity index (χ0v) is 12.7. The standard InChI is InChI=1S/C15H32N2O/c1-5-14(6-2)17(10-11-18-4)15(12-16)9-7-8-13(15)3/h13-14H,5-12,16H2,1-4H3. The van der Waals surface area contributed by atoms with E-state index in [2.05, 4.69) is 25.7 Å². The van der Waals surface area contributed by atoms with Crippen molar-refractivity contribution < 1.29 is 4.74 Å². The summed E-state index contributed by atoms with van der Waals surface area (Å²) in [6, 6.07) is 0.643. The minimum atomic E-state index is 0.217. The van der Waals surface area contributed by atoms with Crippen molar-refractivity contribution in [2.24, 2.45) is 11.7 Å². The van der Waals surface area contributed by atoms with Crippen LogP contribution in [0.2, 0.25) is 0 Å². The first kappa shape index (κ1) is 15.9. The summed E-state index contributed by atoms with van der Waals surface area (Å²) in [4.78, 5) is 2.67. The van der Waals surface area contributed by atoms with Crippen molar-refractivity contribution >= 4 is 0 Å². The van der Waals surface area contributed by atoms with Crippen LogP contribution in [0.4, 0.5) is 0 Å². The summed E-state index contributed by atoms with van der Waals surface area (Å²) in [7, 11) is 1.79. The van der Waals surface area contributed by atoms with Crippen molar-refractivity contribution in [1.82, 2.24) is 4.90 Å². The third-order valence-electron chi connectivity index (χ3n) is 5.01. The van der Waals surface area contributed by atoms with Gasteiger partial charge in [0.1, 0.15) is 0 Å². The predicted octanol–water partition coefficient (Wildman–Crippen LogP) is 2.64. The molecule has 0 spiro atoms. The number of nitrogens with two attached hydrogens (primary N) is 1. The molecule has 18 heavy (non-hydrogen) atoms. The van der Waals surface area contributed by atoms with Gasteiger partial charge in [0.05, 0.1) is 6.61 Å². The second-order valence-corrected chi connectivity index (χ2v) is 5.76. The maximum absolute atomic E-state index is 6.20. The molecule has 3 nitrogen and oxygen atoms in total. The molecular weight excluding hydrogens is 224 g/mol. The SMILES string of the molecule is CCC(CC)N(CCOC)C1(CN)CCCC1C. The number of methoxy groups -OCH3 is 1. The lowest BCUT2D eigenvalue weighted by Crippen LogP contribution is -2.60. The van der Waals surface area contributed by atoms with Crippen molar-refractivity contribution in [1.29, 1.82) is 0 Å². The first-order valence-electron chi connectivity index (χ1n) is 7.62. The summed E-state index contributed by atoms with van der Waals surface area (Å²) in [6.07, 6.45) is 6.30. The summed E-state index contributed by atoms with van der Waals surface area (Å²) >= 11 is 0. The van der Waals surface area contributed by atoms with Crippen LogP contribution in [0.25, 0.3) is 0 Å². The van der Waals surface area contributed by atoms with Crippen LogP contribution in [-0.2, 0) is 4.74 Å². The Morgan fingerprint density at radius 2 is 2.06 bits per heavy atom. The van der Waals surface area contributed by atoms with E-state index in [1.165, 1.54) is 32.1 Å². The first-order valence-corrected chi connectivity index (χ1v) is 7.62. The molecule has 0 aromatic rings. The monoisotopic (exact) mass is 256 g/mol. The average Bonchev–Trinajstić information content (AvgIpc) is 2.76. The first-order chi connectivity index (χ1) is 8.66. The normalized spacial score (nSPS) is 28.5. The topological polar surface area (TPSA) is 38.5 Å². The molecule has 0 aliphatic heterocycles. The van der Waals surface area contributed by atoms with E-state index in [0.29, 0.717) is 12.0 Å². The Kier molecular flexibility index (Phi) is 6.61. The largest absolute Gasteiger partial charge is 0.383 e. The Labute approximate surface area is 113 Å². The van der Waals surface area contributed by atoms with E-state index >= 15 is 0 Å². The highest BCUT2D eigenvalue weighted by Crippen LogP contribution is 2.41. The molecule has 1 rings (SSSR count). The van der Waals surface area contributed by atoms with Gasteiger partial charge in [0, 0.05) is 31.8 Å². The molecule has 1 saturated carbocycles. The highest BCUT2D eigenvalue weighted by Gasteiger charge is 2.45. The maximum atomic E-state index is 6.20. The highest BCUT2D eigenvalue weighted by molar-refractivity contribution is 5.02. The van der Waals surface area contributed by atoms with Crippen LogP contribution in [0.3, 0.4) is 0 Å². The molecule has 0 aromatic heterocycles. The molecule has 0 radical (unpaired) electrons. The average molecular weight is 256 g/mol. The van der Waals surface area contributed by atoms with Crippen molar-refractivity contribution in [3.8, 4) is 0 Å². The van der Waals surface area contributed by atoms with Crippen LogP contribution in [-0.4, -0.2) is 43.3 Å². The summed E-state index contributed by atoms with van der Waals surface area (Å²) in [5.74, 6) is 0.708. The maximum Gasteiger partial charge on any atom is 0.0590 e. The van der Waals surface area contributed by atoms with Crippen LogP contribution in [0, 0.1) is 5.92 Å². The van der Waals surface area contributed by atoms with E-state index < -0.39 is 0 Å². The number of ether oxygens (including phenoxy) is 1. The fraction of sp³-hybridized carbons (Fsp3) is 1.00. The molecule has 0 aromatic carbocycles. The van der Waals surface area contributed by atoms with Crippen LogP contribution < -0.4 is 5.73 Å². The van der Waals surface area contributed by atoms with E-state index in [1.54, 1.807) is 7.11 Å². The lowest BCUT2D eigenvalue weighted by molar-refractivity contribution is 0.000183.